The van der Waals surface area contributed by atoms with Gasteiger partial charge in [-0.2, -0.15) is 0 Å². The number of carbonyl (C=O) groups is 1. The molecule has 6 heteroatoms. The van der Waals surface area contributed by atoms with E-state index in [0.717, 1.165) is 11.3 Å². The van der Waals surface area contributed by atoms with E-state index in [1.54, 1.807) is 48.3 Å². The summed E-state index contributed by atoms with van der Waals surface area (Å²) in [4.78, 5) is 21.3. The van der Waals surface area contributed by atoms with Gasteiger partial charge in [0.25, 0.3) is 0 Å². The molecular weight excluding hydrogens is 230 g/mol. The lowest BCUT2D eigenvalue weighted by Crippen LogP contribution is -2.26. The van der Waals surface area contributed by atoms with Crippen LogP contribution in [0.2, 0.25) is 0 Å². The highest BCUT2D eigenvalue weighted by Gasteiger charge is 2.10. The van der Waals surface area contributed by atoms with E-state index < -0.39 is 0 Å². The van der Waals surface area contributed by atoms with E-state index >= 15 is 0 Å². The number of rotatable bonds is 3. The molecule has 0 aliphatic carbocycles. The predicted octanol–water partition coefficient (Wildman–Crippen LogP) is 0.615. The van der Waals surface area contributed by atoms with Crippen LogP contribution in [-0.2, 0) is 11.3 Å². The molecule has 0 unspecified atom stereocenters. The maximum Gasteiger partial charge on any atom is 0.242 e. The second-order valence-corrected chi connectivity index (χ2v) is 4.16. The van der Waals surface area contributed by atoms with Gasteiger partial charge in [0.1, 0.15) is 12.4 Å². The van der Waals surface area contributed by atoms with Crippen molar-refractivity contribution in [3.05, 3.63) is 30.9 Å². The minimum Gasteiger partial charge on any atom is -0.384 e. The lowest BCUT2D eigenvalue weighted by molar-refractivity contribution is -0.129. The Morgan fingerprint density at radius 2 is 2.28 bits per heavy atom. The molecule has 6 nitrogen and oxygen atoms in total. The van der Waals surface area contributed by atoms with Crippen LogP contribution in [0.5, 0.6) is 0 Å². The fourth-order valence-electron chi connectivity index (χ4n) is 1.58. The number of nitrogen functional groups attached to an aromatic ring is 1. The maximum atomic E-state index is 11.7. The summed E-state index contributed by atoms with van der Waals surface area (Å²) >= 11 is 0. The Labute approximate surface area is 105 Å². The molecule has 0 radical (unpaired) electrons. The van der Waals surface area contributed by atoms with Gasteiger partial charge in [-0.3, -0.25) is 4.79 Å². The zero-order valence-corrected chi connectivity index (χ0v) is 10.4. The molecule has 2 rings (SSSR count). The van der Waals surface area contributed by atoms with Crippen LogP contribution < -0.4 is 5.73 Å². The van der Waals surface area contributed by atoms with Gasteiger partial charge in [0.05, 0.1) is 18.2 Å². The molecular formula is C12H15N5O. The number of amides is 1. The average molecular weight is 245 g/mol. The summed E-state index contributed by atoms with van der Waals surface area (Å²) in [6.45, 7) is 0.255. The highest BCUT2D eigenvalue weighted by atomic mass is 16.2. The number of pyridine rings is 1. The van der Waals surface area contributed by atoms with Crippen molar-refractivity contribution in [2.24, 2.45) is 0 Å². The first-order chi connectivity index (χ1) is 8.58. The monoisotopic (exact) mass is 245 g/mol. The predicted molar refractivity (Wildman–Crippen MR) is 68.6 cm³/mol. The first-order valence-electron chi connectivity index (χ1n) is 5.50. The number of hydrogen-bond acceptors (Lipinski definition) is 4. The lowest BCUT2D eigenvalue weighted by Gasteiger charge is -2.12. The van der Waals surface area contributed by atoms with E-state index in [-0.39, 0.29) is 12.5 Å². The van der Waals surface area contributed by atoms with Crippen molar-refractivity contribution in [2.45, 2.75) is 6.54 Å². The van der Waals surface area contributed by atoms with Crippen molar-refractivity contribution in [1.29, 1.82) is 0 Å². The first-order valence-corrected chi connectivity index (χ1v) is 5.50. The van der Waals surface area contributed by atoms with Crippen molar-refractivity contribution in [3.63, 3.8) is 0 Å². The molecule has 2 heterocycles. The number of likely N-dealkylation sites (N-methyl/N-ethyl adjacent to an activating group) is 1. The Hall–Kier alpha value is -2.37. The van der Waals surface area contributed by atoms with Crippen molar-refractivity contribution >= 4 is 11.7 Å². The molecule has 0 atom stereocenters. The number of nitrogens with zero attached hydrogens (tertiary/aromatic N) is 4. The smallest absolute Gasteiger partial charge is 0.242 e. The fraction of sp³-hybridized carbons (Fsp3) is 0.250. The van der Waals surface area contributed by atoms with Crippen LogP contribution in [0.15, 0.2) is 30.9 Å². The molecule has 0 aliphatic rings. The summed E-state index contributed by atoms with van der Waals surface area (Å²) in [6.07, 6.45) is 4.97. The van der Waals surface area contributed by atoms with Gasteiger partial charge in [-0.25, -0.2) is 9.97 Å². The Bertz CT molecular complexity index is 561. The number of carbonyl (C=O) groups excluding carboxylic acids is 1. The molecule has 0 saturated carbocycles. The van der Waals surface area contributed by atoms with Gasteiger partial charge in [-0.15, -0.1) is 0 Å². The van der Waals surface area contributed by atoms with Crippen LogP contribution in [0, 0.1) is 0 Å². The highest BCUT2D eigenvalue weighted by molar-refractivity contribution is 5.76. The Morgan fingerprint density at radius 1 is 1.50 bits per heavy atom. The summed E-state index contributed by atoms with van der Waals surface area (Å²) in [7, 11) is 3.45. The average Bonchev–Trinajstić information content (AvgIpc) is 2.77. The summed E-state index contributed by atoms with van der Waals surface area (Å²) in [5.41, 5.74) is 7.39. The van der Waals surface area contributed by atoms with Gasteiger partial charge in [0, 0.05) is 25.9 Å². The second-order valence-electron chi connectivity index (χ2n) is 4.16. The summed E-state index contributed by atoms with van der Waals surface area (Å²) in [5.74, 6) is 0.454. The van der Waals surface area contributed by atoms with Crippen LogP contribution in [0.25, 0.3) is 11.3 Å². The van der Waals surface area contributed by atoms with Crippen molar-refractivity contribution < 1.29 is 4.79 Å². The molecule has 0 bridgehead atoms. The van der Waals surface area contributed by atoms with Gasteiger partial charge in [0.15, 0.2) is 0 Å². The Kier molecular flexibility index (Phi) is 3.27. The molecule has 2 aromatic rings. The highest BCUT2D eigenvalue weighted by Crippen LogP contribution is 2.19. The molecule has 0 aromatic carbocycles. The largest absolute Gasteiger partial charge is 0.384 e. The fourth-order valence-corrected chi connectivity index (χ4v) is 1.58. The lowest BCUT2D eigenvalue weighted by atomic mass is 10.2. The van der Waals surface area contributed by atoms with Gasteiger partial charge in [-0.05, 0) is 12.1 Å². The van der Waals surface area contributed by atoms with Gasteiger partial charge < -0.3 is 15.2 Å². The van der Waals surface area contributed by atoms with E-state index in [0.29, 0.717) is 5.82 Å². The Morgan fingerprint density at radius 3 is 2.94 bits per heavy atom. The summed E-state index contributed by atoms with van der Waals surface area (Å²) < 4.78 is 1.79. The molecule has 0 saturated heterocycles. The number of imidazole rings is 1. The molecule has 0 aliphatic heterocycles. The van der Waals surface area contributed by atoms with Crippen LogP contribution in [0.1, 0.15) is 0 Å². The van der Waals surface area contributed by atoms with Crippen LogP contribution in [0.4, 0.5) is 5.82 Å². The number of aromatic nitrogens is 3. The molecule has 2 N–H and O–H groups in total. The van der Waals surface area contributed by atoms with E-state index in [1.807, 2.05) is 6.07 Å². The quantitative estimate of drug-likeness (QED) is 0.859. The molecule has 1 amide bonds. The van der Waals surface area contributed by atoms with Gasteiger partial charge in [0.2, 0.25) is 5.91 Å². The van der Waals surface area contributed by atoms with Crippen molar-refractivity contribution in [3.8, 4) is 11.3 Å². The second kappa shape index (κ2) is 4.87. The van der Waals surface area contributed by atoms with Crippen LogP contribution in [0.3, 0.4) is 0 Å². The van der Waals surface area contributed by atoms with Gasteiger partial charge in [-0.1, -0.05) is 0 Å². The molecule has 0 spiro atoms. The van der Waals surface area contributed by atoms with E-state index in [4.69, 9.17) is 5.73 Å². The molecule has 0 fully saturated rings. The third-order valence-corrected chi connectivity index (χ3v) is 2.59. The SMILES string of the molecule is CN(C)C(=O)Cn1cncc1-c1ccnc(N)c1. The zero-order valence-electron chi connectivity index (χ0n) is 10.4. The zero-order chi connectivity index (χ0) is 13.1. The van der Waals surface area contributed by atoms with Crippen LogP contribution >= 0.6 is 0 Å². The third-order valence-electron chi connectivity index (χ3n) is 2.59. The minimum absolute atomic E-state index is 0.0104. The van der Waals surface area contributed by atoms with Gasteiger partial charge >= 0.3 is 0 Å². The third kappa shape index (κ3) is 2.48. The van der Waals surface area contributed by atoms with Crippen molar-refractivity contribution in [1.82, 2.24) is 19.4 Å². The van der Waals surface area contributed by atoms with Crippen LogP contribution in [-0.4, -0.2) is 39.4 Å². The number of anilines is 1. The summed E-state index contributed by atoms with van der Waals surface area (Å²) in [6, 6.07) is 3.59. The molecule has 94 valence electrons. The van der Waals surface area contributed by atoms with E-state index in [1.165, 1.54) is 0 Å². The Balaban J connectivity index is 2.30. The first kappa shape index (κ1) is 12.1. The topological polar surface area (TPSA) is 77.0 Å². The number of nitrogens with two attached hydrogens (primary N) is 1. The standard InChI is InChI=1S/C12H15N5O/c1-16(2)12(18)7-17-8-14-6-10(17)9-3-4-15-11(13)5-9/h3-6,8H,7H2,1-2H3,(H2,13,15). The maximum absolute atomic E-state index is 11.7. The summed E-state index contributed by atoms with van der Waals surface area (Å²) in [5, 5.41) is 0. The molecule has 18 heavy (non-hydrogen) atoms. The number of hydrogen-bond donors (Lipinski definition) is 1. The normalized spacial score (nSPS) is 10.3. The van der Waals surface area contributed by atoms with E-state index in [2.05, 4.69) is 9.97 Å². The minimum atomic E-state index is 0.0104. The van der Waals surface area contributed by atoms with Crippen molar-refractivity contribution in [2.75, 3.05) is 19.8 Å². The van der Waals surface area contributed by atoms with E-state index in [9.17, 15) is 4.79 Å². The molecule has 2 aromatic heterocycles.